The van der Waals surface area contributed by atoms with Crippen molar-refractivity contribution in [1.29, 1.82) is 0 Å². The van der Waals surface area contributed by atoms with Gasteiger partial charge in [0.2, 0.25) is 0 Å². The van der Waals surface area contributed by atoms with E-state index in [0.717, 1.165) is 58.2 Å². The zero-order chi connectivity index (χ0) is 17.7. The predicted molar refractivity (Wildman–Crippen MR) is 106 cm³/mol. The van der Waals surface area contributed by atoms with Gasteiger partial charge in [0.1, 0.15) is 0 Å². The lowest BCUT2D eigenvalue weighted by Gasteiger charge is -2.19. The van der Waals surface area contributed by atoms with Crippen molar-refractivity contribution in [3.05, 3.63) is 42.0 Å². The number of anilines is 1. The van der Waals surface area contributed by atoms with Crippen molar-refractivity contribution < 1.29 is 4.74 Å². The molecule has 1 aromatic rings. The summed E-state index contributed by atoms with van der Waals surface area (Å²) in [4.78, 5) is 6.64. The first-order valence-corrected chi connectivity index (χ1v) is 9.34. The van der Waals surface area contributed by atoms with Crippen LogP contribution < -0.4 is 15.5 Å². The summed E-state index contributed by atoms with van der Waals surface area (Å²) >= 11 is 0. The molecule has 0 radical (unpaired) electrons. The third kappa shape index (κ3) is 7.18. The third-order valence-corrected chi connectivity index (χ3v) is 4.18. The number of guanidine groups is 1. The van der Waals surface area contributed by atoms with Gasteiger partial charge in [-0.15, -0.1) is 0 Å². The Morgan fingerprint density at radius 2 is 1.96 bits per heavy atom. The van der Waals surface area contributed by atoms with Gasteiger partial charge in [0.25, 0.3) is 0 Å². The van der Waals surface area contributed by atoms with Crippen LogP contribution in [-0.2, 0) is 11.3 Å². The number of ether oxygens (including phenoxy) is 1. The van der Waals surface area contributed by atoms with E-state index in [2.05, 4.69) is 63.9 Å². The molecule has 0 aromatic heterocycles. The zero-order valence-corrected chi connectivity index (χ0v) is 15.6. The lowest BCUT2D eigenvalue weighted by Crippen LogP contribution is -2.37. The number of hydrogen-bond donors (Lipinski definition) is 2. The Morgan fingerprint density at radius 1 is 1.16 bits per heavy atom. The lowest BCUT2D eigenvalue weighted by molar-refractivity contribution is 0.129. The molecule has 2 N–H and O–H groups in total. The summed E-state index contributed by atoms with van der Waals surface area (Å²) in [6, 6.07) is 8.68. The van der Waals surface area contributed by atoms with Gasteiger partial charge in [0, 0.05) is 52.1 Å². The number of rotatable bonds is 10. The Morgan fingerprint density at radius 3 is 2.72 bits per heavy atom. The minimum atomic E-state index is 0.766. The molecule has 2 rings (SSSR count). The van der Waals surface area contributed by atoms with Crippen molar-refractivity contribution >= 4 is 11.6 Å². The monoisotopic (exact) mass is 344 g/mol. The summed E-state index contributed by atoms with van der Waals surface area (Å²) in [6.45, 7) is 7.48. The summed E-state index contributed by atoms with van der Waals surface area (Å²) in [5.74, 6) is 0.835. The molecule has 0 aliphatic carbocycles. The van der Waals surface area contributed by atoms with Crippen molar-refractivity contribution in [2.45, 2.75) is 32.7 Å². The molecule has 138 valence electrons. The summed E-state index contributed by atoms with van der Waals surface area (Å²) in [5.41, 5.74) is 2.53. The summed E-state index contributed by atoms with van der Waals surface area (Å²) in [5, 5.41) is 6.72. The van der Waals surface area contributed by atoms with Gasteiger partial charge in [0.15, 0.2) is 5.96 Å². The number of unbranched alkanes of at least 4 members (excludes halogenated alkanes) is 1. The molecule has 25 heavy (non-hydrogen) atoms. The van der Waals surface area contributed by atoms with Crippen LogP contribution in [-0.4, -0.2) is 45.9 Å². The first-order chi connectivity index (χ1) is 12.3. The van der Waals surface area contributed by atoms with Crippen molar-refractivity contribution in [3.63, 3.8) is 0 Å². The fourth-order valence-electron chi connectivity index (χ4n) is 2.69. The SMILES string of the molecule is CCCCOCCCNC(=NC)NCc1cccc(N2CC=CC2)c1. The van der Waals surface area contributed by atoms with Gasteiger partial charge < -0.3 is 20.3 Å². The Labute approximate surface area is 152 Å². The van der Waals surface area contributed by atoms with Gasteiger partial charge in [0.05, 0.1) is 0 Å². The van der Waals surface area contributed by atoms with Crippen LogP contribution in [0.4, 0.5) is 5.69 Å². The smallest absolute Gasteiger partial charge is 0.191 e. The third-order valence-electron chi connectivity index (χ3n) is 4.18. The van der Waals surface area contributed by atoms with E-state index in [0.29, 0.717) is 0 Å². The summed E-state index contributed by atoms with van der Waals surface area (Å²) in [7, 11) is 1.80. The van der Waals surface area contributed by atoms with Crippen LogP contribution in [0.1, 0.15) is 31.7 Å². The van der Waals surface area contributed by atoms with Crippen LogP contribution in [0.3, 0.4) is 0 Å². The number of aliphatic imine (C=N–C) groups is 1. The fourth-order valence-corrected chi connectivity index (χ4v) is 2.69. The van der Waals surface area contributed by atoms with Gasteiger partial charge >= 0.3 is 0 Å². The first kappa shape index (κ1) is 19.3. The Kier molecular flexibility index (Phi) is 8.91. The molecule has 0 saturated carbocycles. The maximum atomic E-state index is 5.57. The van der Waals surface area contributed by atoms with E-state index in [9.17, 15) is 0 Å². The molecule has 0 spiro atoms. The van der Waals surface area contributed by atoms with Crippen LogP contribution in [0.2, 0.25) is 0 Å². The molecule has 5 nitrogen and oxygen atoms in total. The first-order valence-electron chi connectivity index (χ1n) is 9.34. The highest BCUT2D eigenvalue weighted by Crippen LogP contribution is 2.18. The molecular weight excluding hydrogens is 312 g/mol. The van der Waals surface area contributed by atoms with Crippen LogP contribution in [0.15, 0.2) is 41.4 Å². The second-order valence-electron chi connectivity index (χ2n) is 6.22. The van der Waals surface area contributed by atoms with Crippen molar-refractivity contribution in [2.75, 3.05) is 44.8 Å². The van der Waals surface area contributed by atoms with Gasteiger partial charge in [-0.25, -0.2) is 0 Å². The molecule has 1 heterocycles. The zero-order valence-electron chi connectivity index (χ0n) is 15.6. The van der Waals surface area contributed by atoms with Crippen LogP contribution in [0.5, 0.6) is 0 Å². The maximum absolute atomic E-state index is 5.57. The molecule has 0 fully saturated rings. The van der Waals surface area contributed by atoms with Crippen LogP contribution in [0.25, 0.3) is 0 Å². The number of nitrogens with one attached hydrogen (secondary N) is 2. The van der Waals surface area contributed by atoms with E-state index >= 15 is 0 Å². The number of benzene rings is 1. The highest BCUT2D eigenvalue weighted by Gasteiger charge is 2.08. The molecule has 0 amide bonds. The lowest BCUT2D eigenvalue weighted by atomic mass is 10.2. The second kappa shape index (κ2) is 11.5. The normalized spacial score (nSPS) is 14.2. The van der Waals surface area contributed by atoms with Crippen molar-refractivity contribution in [1.82, 2.24) is 10.6 Å². The Hall–Kier alpha value is -2.01. The molecule has 0 bridgehead atoms. The topological polar surface area (TPSA) is 48.9 Å². The molecule has 0 atom stereocenters. The molecular formula is C20H32N4O. The molecule has 0 saturated heterocycles. The Balaban J connectivity index is 1.67. The standard InChI is InChI=1S/C20H32N4O/c1-3-4-14-25-15-8-11-22-20(21-2)23-17-18-9-7-10-19(16-18)24-12-5-6-13-24/h5-7,9-10,16H,3-4,8,11-15,17H2,1-2H3,(H2,21,22,23). The fraction of sp³-hybridized carbons (Fsp3) is 0.550. The number of hydrogen-bond acceptors (Lipinski definition) is 3. The van der Waals surface area contributed by atoms with Crippen molar-refractivity contribution in [2.24, 2.45) is 4.99 Å². The predicted octanol–water partition coefficient (Wildman–Crippen LogP) is 2.93. The van der Waals surface area contributed by atoms with Crippen LogP contribution in [0, 0.1) is 0 Å². The molecule has 1 aliphatic rings. The van der Waals surface area contributed by atoms with E-state index in [-0.39, 0.29) is 0 Å². The molecule has 1 aliphatic heterocycles. The highest BCUT2D eigenvalue weighted by molar-refractivity contribution is 5.79. The van der Waals surface area contributed by atoms with Gasteiger partial charge in [-0.2, -0.15) is 0 Å². The van der Waals surface area contributed by atoms with Gasteiger partial charge in [-0.3, -0.25) is 4.99 Å². The highest BCUT2D eigenvalue weighted by atomic mass is 16.5. The number of nitrogens with zero attached hydrogens (tertiary/aromatic N) is 2. The Bertz CT molecular complexity index is 548. The molecule has 1 aromatic carbocycles. The minimum absolute atomic E-state index is 0.766. The minimum Gasteiger partial charge on any atom is -0.381 e. The largest absolute Gasteiger partial charge is 0.381 e. The maximum Gasteiger partial charge on any atom is 0.191 e. The average Bonchev–Trinajstić information content (AvgIpc) is 3.18. The van der Waals surface area contributed by atoms with E-state index in [4.69, 9.17) is 4.74 Å². The second-order valence-corrected chi connectivity index (χ2v) is 6.22. The molecule has 5 heteroatoms. The van der Waals surface area contributed by atoms with E-state index in [1.165, 1.54) is 17.7 Å². The van der Waals surface area contributed by atoms with E-state index < -0.39 is 0 Å². The van der Waals surface area contributed by atoms with E-state index in [1.54, 1.807) is 7.05 Å². The van der Waals surface area contributed by atoms with Gasteiger partial charge in [-0.1, -0.05) is 37.6 Å². The van der Waals surface area contributed by atoms with Crippen molar-refractivity contribution in [3.8, 4) is 0 Å². The van der Waals surface area contributed by atoms with Crippen LogP contribution >= 0.6 is 0 Å². The van der Waals surface area contributed by atoms with E-state index in [1.807, 2.05) is 0 Å². The molecule has 0 unspecified atom stereocenters. The summed E-state index contributed by atoms with van der Waals surface area (Å²) in [6.07, 6.45) is 7.74. The van der Waals surface area contributed by atoms with Gasteiger partial charge in [-0.05, 0) is 30.5 Å². The quantitative estimate of drug-likeness (QED) is 0.297. The summed E-state index contributed by atoms with van der Waals surface area (Å²) < 4.78 is 5.57. The average molecular weight is 345 g/mol.